The van der Waals surface area contributed by atoms with Crippen molar-refractivity contribution >= 4 is 11.6 Å². The van der Waals surface area contributed by atoms with Crippen molar-refractivity contribution in [2.45, 2.75) is 19.4 Å². The molecule has 192 valence electrons. The SMILES string of the molecule is COc1cc(N2Cc3ccc(-c4ccc(-c5ccccc5)cc4)nc3C2=O)ccc1OCCN1CCCC1. The van der Waals surface area contributed by atoms with Gasteiger partial charge in [-0.3, -0.25) is 9.69 Å². The van der Waals surface area contributed by atoms with Crippen LogP contribution >= 0.6 is 0 Å². The number of rotatable bonds is 8. The molecular weight excluding hydrogens is 474 g/mol. The highest BCUT2D eigenvalue weighted by molar-refractivity contribution is 6.09. The fourth-order valence-electron chi connectivity index (χ4n) is 5.24. The Morgan fingerprint density at radius 1 is 0.816 bits per heavy atom. The lowest BCUT2D eigenvalue weighted by atomic mass is 10.0. The molecule has 6 heteroatoms. The third-order valence-electron chi connectivity index (χ3n) is 7.37. The number of nitrogens with zero attached hydrogens (tertiary/aromatic N) is 3. The van der Waals surface area contributed by atoms with Crippen LogP contribution in [0, 0.1) is 0 Å². The summed E-state index contributed by atoms with van der Waals surface area (Å²) < 4.78 is 11.6. The van der Waals surface area contributed by atoms with Gasteiger partial charge in [0.05, 0.1) is 19.3 Å². The van der Waals surface area contributed by atoms with Gasteiger partial charge in [-0.25, -0.2) is 4.98 Å². The number of anilines is 1. The number of carbonyl (C=O) groups is 1. The molecular formula is C32H31N3O3. The van der Waals surface area contributed by atoms with Gasteiger partial charge in [-0.15, -0.1) is 0 Å². The molecule has 0 bridgehead atoms. The van der Waals surface area contributed by atoms with Crippen molar-refractivity contribution in [1.29, 1.82) is 0 Å². The van der Waals surface area contributed by atoms with E-state index in [0.717, 1.165) is 47.7 Å². The summed E-state index contributed by atoms with van der Waals surface area (Å²) in [5.41, 5.74) is 6.28. The van der Waals surface area contributed by atoms with E-state index in [1.165, 1.54) is 18.4 Å². The van der Waals surface area contributed by atoms with Crippen LogP contribution in [0.1, 0.15) is 28.9 Å². The minimum absolute atomic E-state index is 0.104. The summed E-state index contributed by atoms with van der Waals surface area (Å²) in [6, 6.07) is 28.3. The minimum atomic E-state index is -0.104. The normalized spacial score (nSPS) is 15.1. The van der Waals surface area contributed by atoms with Crippen molar-refractivity contribution in [3.8, 4) is 33.9 Å². The Bertz CT molecular complexity index is 1430. The number of pyridine rings is 1. The van der Waals surface area contributed by atoms with Crippen molar-refractivity contribution in [3.05, 3.63) is 96.2 Å². The zero-order chi connectivity index (χ0) is 25.9. The summed E-state index contributed by atoms with van der Waals surface area (Å²) in [4.78, 5) is 22.3. The molecule has 0 aliphatic carbocycles. The standard InChI is InChI=1S/C32H31N3O3/c1-37-30-21-27(14-16-29(30)38-20-19-34-17-5-6-18-34)35-22-26-13-15-28(33-31(26)32(35)36)25-11-9-24(10-12-25)23-7-3-2-4-8-23/h2-4,7-16,21H,5-6,17-20,22H2,1H3. The molecule has 2 aliphatic heterocycles. The Kier molecular flexibility index (Phi) is 6.80. The number of aromatic nitrogens is 1. The number of benzene rings is 3. The lowest BCUT2D eigenvalue weighted by molar-refractivity contribution is 0.0992. The lowest BCUT2D eigenvalue weighted by Crippen LogP contribution is -2.25. The van der Waals surface area contributed by atoms with Crippen molar-refractivity contribution in [1.82, 2.24) is 9.88 Å². The predicted octanol–water partition coefficient (Wildman–Crippen LogP) is 6.06. The van der Waals surface area contributed by atoms with Crippen molar-refractivity contribution in [2.75, 3.05) is 38.3 Å². The van der Waals surface area contributed by atoms with Crippen molar-refractivity contribution in [3.63, 3.8) is 0 Å². The first-order valence-corrected chi connectivity index (χ1v) is 13.2. The second-order valence-corrected chi connectivity index (χ2v) is 9.77. The van der Waals surface area contributed by atoms with E-state index in [1.54, 1.807) is 12.0 Å². The van der Waals surface area contributed by atoms with E-state index in [0.29, 0.717) is 30.3 Å². The van der Waals surface area contributed by atoms with Gasteiger partial charge in [-0.2, -0.15) is 0 Å². The third kappa shape index (κ3) is 4.87. The van der Waals surface area contributed by atoms with Gasteiger partial charge in [0.25, 0.3) is 5.91 Å². The van der Waals surface area contributed by atoms with Crippen LogP contribution in [0.5, 0.6) is 11.5 Å². The largest absolute Gasteiger partial charge is 0.493 e. The summed E-state index contributed by atoms with van der Waals surface area (Å²) in [6.07, 6.45) is 2.53. The van der Waals surface area contributed by atoms with Gasteiger partial charge in [0.15, 0.2) is 11.5 Å². The van der Waals surface area contributed by atoms with E-state index in [9.17, 15) is 4.79 Å². The quantitative estimate of drug-likeness (QED) is 0.291. The molecule has 6 nitrogen and oxygen atoms in total. The molecule has 0 unspecified atom stereocenters. The number of hydrogen-bond donors (Lipinski definition) is 0. The predicted molar refractivity (Wildman–Crippen MR) is 150 cm³/mol. The average Bonchev–Trinajstić information content (AvgIpc) is 3.61. The molecule has 0 saturated carbocycles. The molecule has 6 rings (SSSR count). The van der Waals surface area contributed by atoms with E-state index >= 15 is 0 Å². The molecule has 1 fully saturated rings. The Morgan fingerprint density at radius 2 is 1.55 bits per heavy atom. The number of hydrogen-bond acceptors (Lipinski definition) is 5. The highest BCUT2D eigenvalue weighted by atomic mass is 16.5. The van der Waals surface area contributed by atoms with Crippen LogP contribution in [0.25, 0.3) is 22.4 Å². The summed E-state index contributed by atoms with van der Waals surface area (Å²) in [6.45, 7) is 4.29. The number of amides is 1. The van der Waals surface area contributed by atoms with Crippen LogP contribution in [-0.2, 0) is 6.54 Å². The topological polar surface area (TPSA) is 54.9 Å². The number of ether oxygens (including phenoxy) is 2. The maximum Gasteiger partial charge on any atom is 0.277 e. The first-order chi connectivity index (χ1) is 18.7. The van der Waals surface area contributed by atoms with Gasteiger partial charge < -0.3 is 14.4 Å². The zero-order valence-corrected chi connectivity index (χ0v) is 21.6. The molecule has 1 amide bonds. The van der Waals surface area contributed by atoms with Crippen LogP contribution in [0.3, 0.4) is 0 Å². The molecule has 1 aromatic heterocycles. The van der Waals surface area contributed by atoms with Gasteiger partial charge >= 0.3 is 0 Å². The van der Waals surface area contributed by atoms with E-state index in [1.807, 2.05) is 48.5 Å². The highest BCUT2D eigenvalue weighted by Gasteiger charge is 2.31. The Hall–Kier alpha value is -4.16. The molecule has 0 spiro atoms. The van der Waals surface area contributed by atoms with Crippen molar-refractivity contribution in [2.24, 2.45) is 0 Å². The Labute approximate surface area is 223 Å². The molecule has 3 heterocycles. The van der Waals surface area contributed by atoms with E-state index < -0.39 is 0 Å². The molecule has 0 radical (unpaired) electrons. The number of methoxy groups -OCH3 is 1. The van der Waals surface area contributed by atoms with Crippen LogP contribution < -0.4 is 14.4 Å². The second-order valence-electron chi connectivity index (χ2n) is 9.77. The van der Waals surface area contributed by atoms with Gasteiger partial charge in [-0.05, 0) is 55.3 Å². The zero-order valence-electron chi connectivity index (χ0n) is 21.6. The lowest BCUT2D eigenvalue weighted by Gasteiger charge is -2.19. The van der Waals surface area contributed by atoms with Gasteiger partial charge in [-0.1, -0.05) is 60.7 Å². The molecule has 2 aliphatic rings. The molecule has 4 aromatic rings. The molecule has 0 N–H and O–H groups in total. The Balaban J connectivity index is 1.17. The second kappa shape index (κ2) is 10.7. The van der Waals surface area contributed by atoms with Crippen molar-refractivity contribution < 1.29 is 14.3 Å². The first kappa shape index (κ1) is 24.2. The maximum absolute atomic E-state index is 13.4. The van der Waals surface area contributed by atoms with Crippen LogP contribution in [0.4, 0.5) is 5.69 Å². The summed E-state index contributed by atoms with van der Waals surface area (Å²) >= 11 is 0. The fourth-order valence-corrected chi connectivity index (χ4v) is 5.24. The first-order valence-electron chi connectivity index (χ1n) is 13.2. The number of likely N-dealkylation sites (tertiary alicyclic amines) is 1. The third-order valence-corrected chi connectivity index (χ3v) is 7.37. The van der Waals surface area contributed by atoms with Crippen LogP contribution in [0.2, 0.25) is 0 Å². The number of fused-ring (bicyclic) bond motifs is 1. The fraction of sp³-hybridized carbons (Fsp3) is 0.250. The van der Waals surface area contributed by atoms with E-state index in [2.05, 4.69) is 41.3 Å². The van der Waals surface area contributed by atoms with Crippen LogP contribution in [-0.4, -0.2) is 49.1 Å². The molecule has 38 heavy (non-hydrogen) atoms. The van der Waals surface area contributed by atoms with Gasteiger partial charge in [0.2, 0.25) is 0 Å². The van der Waals surface area contributed by atoms with E-state index in [4.69, 9.17) is 14.5 Å². The molecule has 0 atom stereocenters. The summed E-state index contributed by atoms with van der Waals surface area (Å²) in [5, 5.41) is 0. The smallest absolute Gasteiger partial charge is 0.277 e. The summed E-state index contributed by atoms with van der Waals surface area (Å²) in [5.74, 6) is 1.21. The van der Waals surface area contributed by atoms with Gasteiger partial charge in [0.1, 0.15) is 12.3 Å². The van der Waals surface area contributed by atoms with E-state index in [-0.39, 0.29) is 5.91 Å². The van der Waals surface area contributed by atoms with Crippen LogP contribution in [0.15, 0.2) is 84.9 Å². The molecule has 1 saturated heterocycles. The summed E-state index contributed by atoms with van der Waals surface area (Å²) in [7, 11) is 1.63. The monoisotopic (exact) mass is 505 g/mol. The molecule has 3 aromatic carbocycles. The maximum atomic E-state index is 13.4. The average molecular weight is 506 g/mol. The highest BCUT2D eigenvalue weighted by Crippen LogP contribution is 2.36. The minimum Gasteiger partial charge on any atom is -0.493 e. The number of carbonyl (C=O) groups excluding carboxylic acids is 1. The van der Waals surface area contributed by atoms with Gasteiger partial charge in [0, 0.05) is 29.4 Å². The Morgan fingerprint density at radius 3 is 2.32 bits per heavy atom.